The number of piperazine rings is 1. The largest absolute Gasteiger partial charge is 0.493 e. The van der Waals surface area contributed by atoms with Crippen molar-refractivity contribution in [1.82, 2.24) is 10.2 Å². The van der Waals surface area contributed by atoms with Crippen LogP contribution in [-0.4, -0.2) is 44.7 Å². The van der Waals surface area contributed by atoms with Gasteiger partial charge in [-0.1, -0.05) is 6.07 Å². The maximum atomic E-state index is 13.7. The molecule has 0 saturated carbocycles. The minimum atomic E-state index is -0.257. The van der Waals surface area contributed by atoms with E-state index in [1.165, 1.54) is 7.11 Å². The van der Waals surface area contributed by atoms with Gasteiger partial charge in [-0.3, -0.25) is 0 Å². The molecule has 1 fully saturated rings. The van der Waals surface area contributed by atoms with Crippen LogP contribution in [0, 0.1) is 12.7 Å². The fraction of sp³-hybridized carbons (Fsp3) is 0.571. The van der Waals surface area contributed by atoms with Crippen LogP contribution in [0.2, 0.25) is 0 Å². The average molecular weight is 252 g/mol. The monoisotopic (exact) mass is 252 g/mol. The molecule has 0 bridgehead atoms. The fourth-order valence-electron chi connectivity index (χ4n) is 2.43. The lowest BCUT2D eigenvalue weighted by Gasteiger charge is -2.27. The third-order valence-corrected chi connectivity index (χ3v) is 3.42. The van der Waals surface area contributed by atoms with Crippen molar-refractivity contribution in [2.75, 3.05) is 39.8 Å². The minimum absolute atomic E-state index is 0.257. The molecule has 0 unspecified atom stereocenters. The molecule has 1 aromatic rings. The van der Waals surface area contributed by atoms with E-state index in [0.29, 0.717) is 5.75 Å². The molecule has 0 spiro atoms. The third kappa shape index (κ3) is 3.21. The Morgan fingerprint density at radius 2 is 2.06 bits per heavy atom. The standard InChI is InChI=1S/C14H21FN2O/c1-11-9-12(10-13(15)14(11)18-2)3-6-17-7-4-16-5-8-17/h9-10,16H,3-8H2,1-2H3. The Labute approximate surface area is 108 Å². The molecule has 4 heteroatoms. The Hall–Kier alpha value is -1.13. The molecule has 1 saturated heterocycles. The Kier molecular flexibility index (Phi) is 4.55. The molecule has 0 aromatic heterocycles. The molecular weight excluding hydrogens is 231 g/mol. The molecular formula is C14H21FN2O. The van der Waals surface area contributed by atoms with E-state index >= 15 is 0 Å². The van der Waals surface area contributed by atoms with Crippen LogP contribution in [-0.2, 0) is 6.42 Å². The summed E-state index contributed by atoms with van der Waals surface area (Å²) in [5.41, 5.74) is 1.91. The van der Waals surface area contributed by atoms with Crippen LogP contribution in [0.4, 0.5) is 4.39 Å². The predicted octanol–water partition coefficient (Wildman–Crippen LogP) is 1.59. The fourth-order valence-corrected chi connectivity index (χ4v) is 2.43. The first-order valence-electron chi connectivity index (χ1n) is 6.47. The lowest BCUT2D eigenvalue weighted by Crippen LogP contribution is -2.44. The highest BCUT2D eigenvalue weighted by molar-refractivity contribution is 5.37. The number of aryl methyl sites for hydroxylation is 1. The van der Waals surface area contributed by atoms with Gasteiger partial charge in [0.15, 0.2) is 11.6 Å². The quantitative estimate of drug-likeness (QED) is 0.880. The van der Waals surface area contributed by atoms with Crippen molar-refractivity contribution in [2.45, 2.75) is 13.3 Å². The number of benzene rings is 1. The van der Waals surface area contributed by atoms with Crippen LogP contribution in [0.3, 0.4) is 0 Å². The van der Waals surface area contributed by atoms with E-state index in [1.54, 1.807) is 6.07 Å². The summed E-state index contributed by atoms with van der Waals surface area (Å²) in [6, 6.07) is 3.61. The molecule has 0 amide bonds. The van der Waals surface area contributed by atoms with Gasteiger partial charge in [0.25, 0.3) is 0 Å². The molecule has 0 atom stereocenters. The smallest absolute Gasteiger partial charge is 0.165 e. The Balaban J connectivity index is 1.96. The van der Waals surface area contributed by atoms with Crippen molar-refractivity contribution < 1.29 is 9.13 Å². The molecule has 3 nitrogen and oxygen atoms in total. The van der Waals surface area contributed by atoms with Gasteiger partial charge in [0.2, 0.25) is 0 Å². The topological polar surface area (TPSA) is 24.5 Å². The molecule has 2 rings (SSSR count). The Morgan fingerprint density at radius 1 is 1.33 bits per heavy atom. The second-order valence-electron chi connectivity index (χ2n) is 4.77. The van der Waals surface area contributed by atoms with Crippen molar-refractivity contribution in [3.8, 4) is 5.75 Å². The van der Waals surface area contributed by atoms with E-state index < -0.39 is 0 Å². The molecule has 1 aromatic carbocycles. The number of ether oxygens (including phenoxy) is 1. The summed E-state index contributed by atoms with van der Waals surface area (Å²) < 4.78 is 18.8. The molecule has 0 radical (unpaired) electrons. The maximum absolute atomic E-state index is 13.7. The Bertz CT molecular complexity index is 380. The van der Waals surface area contributed by atoms with Crippen molar-refractivity contribution >= 4 is 0 Å². The van der Waals surface area contributed by atoms with E-state index in [2.05, 4.69) is 10.2 Å². The average Bonchev–Trinajstić information content (AvgIpc) is 2.37. The van der Waals surface area contributed by atoms with Crippen LogP contribution < -0.4 is 10.1 Å². The SMILES string of the molecule is COc1c(C)cc(CCN2CCNCC2)cc1F. The highest BCUT2D eigenvalue weighted by atomic mass is 19.1. The molecule has 1 aliphatic rings. The summed E-state index contributed by atoms with van der Waals surface area (Å²) in [5, 5.41) is 3.33. The van der Waals surface area contributed by atoms with Gasteiger partial charge >= 0.3 is 0 Å². The number of halogens is 1. The van der Waals surface area contributed by atoms with Gasteiger partial charge in [0.1, 0.15) is 0 Å². The summed E-state index contributed by atoms with van der Waals surface area (Å²) in [4.78, 5) is 2.41. The molecule has 0 aliphatic carbocycles. The first-order valence-corrected chi connectivity index (χ1v) is 6.47. The Morgan fingerprint density at radius 3 is 2.67 bits per heavy atom. The zero-order valence-electron chi connectivity index (χ0n) is 11.1. The summed E-state index contributed by atoms with van der Waals surface area (Å²) in [7, 11) is 1.51. The lowest BCUT2D eigenvalue weighted by atomic mass is 10.1. The third-order valence-electron chi connectivity index (χ3n) is 3.42. The van der Waals surface area contributed by atoms with E-state index in [9.17, 15) is 4.39 Å². The predicted molar refractivity (Wildman–Crippen MR) is 70.7 cm³/mol. The second kappa shape index (κ2) is 6.16. The first-order chi connectivity index (χ1) is 8.70. The van der Waals surface area contributed by atoms with Crippen LogP contribution in [0.1, 0.15) is 11.1 Å². The van der Waals surface area contributed by atoms with Gasteiger partial charge in [0.05, 0.1) is 7.11 Å². The molecule has 18 heavy (non-hydrogen) atoms. The summed E-state index contributed by atoms with van der Waals surface area (Å²) in [6.45, 7) is 7.14. The second-order valence-corrected chi connectivity index (χ2v) is 4.77. The molecule has 1 N–H and O–H groups in total. The van der Waals surface area contributed by atoms with Crippen molar-refractivity contribution in [2.24, 2.45) is 0 Å². The van der Waals surface area contributed by atoms with Crippen molar-refractivity contribution in [1.29, 1.82) is 0 Å². The van der Waals surface area contributed by atoms with Crippen molar-refractivity contribution in [3.05, 3.63) is 29.1 Å². The summed E-state index contributed by atoms with van der Waals surface area (Å²) in [5.74, 6) is 0.105. The van der Waals surface area contributed by atoms with E-state index in [4.69, 9.17) is 4.74 Å². The van der Waals surface area contributed by atoms with E-state index in [1.807, 2.05) is 13.0 Å². The molecule has 1 aliphatic heterocycles. The van der Waals surface area contributed by atoms with Gasteiger partial charge in [-0.05, 0) is 30.5 Å². The number of hydrogen-bond acceptors (Lipinski definition) is 3. The van der Waals surface area contributed by atoms with Crippen LogP contribution in [0.5, 0.6) is 5.75 Å². The number of hydrogen-bond donors (Lipinski definition) is 1. The van der Waals surface area contributed by atoms with E-state index in [0.717, 1.165) is 50.3 Å². The van der Waals surface area contributed by atoms with Gasteiger partial charge in [0, 0.05) is 32.7 Å². The van der Waals surface area contributed by atoms with Crippen LogP contribution in [0.15, 0.2) is 12.1 Å². The zero-order valence-corrected chi connectivity index (χ0v) is 11.1. The van der Waals surface area contributed by atoms with Gasteiger partial charge in [-0.2, -0.15) is 0 Å². The zero-order chi connectivity index (χ0) is 13.0. The minimum Gasteiger partial charge on any atom is -0.493 e. The number of rotatable bonds is 4. The van der Waals surface area contributed by atoms with Crippen LogP contribution >= 0.6 is 0 Å². The maximum Gasteiger partial charge on any atom is 0.165 e. The number of methoxy groups -OCH3 is 1. The summed E-state index contributed by atoms with van der Waals surface area (Å²) >= 11 is 0. The van der Waals surface area contributed by atoms with Gasteiger partial charge < -0.3 is 15.0 Å². The lowest BCUT2D eigenvalue weighted by molar-refractivity contribution is 0.244. The summed E-state index contributed by atoms with van der Waals surface area (Å²) in [6.07, 6.45) is 0.891. The van der Waals surface area contributed by atoms with Gasteiger partial charge in [-0.15, -0.1) is 0 Å². The molecule has 100 valence electrons. The van der Waals surface area contributed by atoms with Crippen molar-refractivity contribution in [3.63, 3.8) is 0 Å². The van der Waals surface area contributed by atoms with E-state index in [-0.39, 0.29) is 5.82 Å². The number of nitrogens with zero attached hydrogens (tertiary/aromatic N) is 1. The number of nitrogens with one attached hydrogen (secondary N) is 1. The molecule has 1 heterocycles. The first kappa shape index (κ1) is 13.3. The van der Waals surface area contributed by atoms with Gasteiger partial charge in [-0.25, -0.2) is 4.39 Å². The highest BCUT2D eigenvalue weighted by Gasteiger charge is 2.11. The van der Waals surface area contributed by atoms with Crippen LogP contribution in [0.25, 0.3) is 0 Å². The highest BCUT2D eigenvalue weighted by Crippen LogP contribution is 2.23. The normalized spacial score (nSPS) is 16.8.